The molecule has 30 heavy (non-hydrogen) atoms. The second-order valence-corrected chi connectivity index (χ2v) is 7.69. The molecule has 3 rings (SSSR count). The number of carbonyl (C=O) groups is 1. The van der Waals surface area contributed by atoms with E-state index >= 15 is 0 Å². The highest BCUT2D eigenvalue weighted by atomic mass is 16.3. The first-order valence-electron chi connectivity index (χ1n) is 10.8. The number of benzene rings is 1. The number of rotatable bonds is 10. The van der Waals surface area contributed by atoms with E-state index in [1.165, 1.54) is 0 Å². The van der Waals surface area contributed by atoms with E-state index in [-0.39, 0.29) is 11.9 Å². The molecule has 1 atom stereocenters. The number of aromatic nitrogens is 2. The first-order chi connectivity index (χ1) is 14.5. The Morgan fingerprint density at radius 1 is 1.20 bits per heavy atom. The highest BCUT2D eigenvalue weighted by molar-refractivity contribution is 5.94. The zero-order valence-electron chi connectivity index (χ0n) is 18.4. The van der Waals surface area contributed by atoms with Crippen LogP contribution >= 0.6 is 0 Å². The molecule has 0 aliphatic rings. The summed E-state index contributed by atoms with van der Waals surface area (Å²) < 4.78 is 7.19. The molecule has 160 valence electrons. The average molecular weight is 409 g/mol. The van der Waals surface area contributed by atoms with Crippen LogP contribution in [0.4, 0.5) is 0 Å². The lowest BCUT2D eigenvalue weighted by Gasteiger charge is -2.20. The second kappa shape index (κ2) is 10.3. The standard InChI is InChI=1S/C24H32N4O2/c1-5-27(6-2)14-8-11-19(4)25-24(29)22-17-21(23-13-9-15-30-23)26-28(22)20-12-7-10-18(3)16-20/h7,9-10,12-13,15-17,19H,5-6,8,11,14H2,1-4H3,(H,25,29)/t19-/m1/s1. The summed E-state index contributed by atoms with van der Waals surface area (Å²) >= 11 is 0. The minimum absolute atomic E-state index is 0.0842. The molecule has 0 unspecified atom stereocenters. The molecule has 0 bridgehead atoms. The Hall–Kier alpha value is -2.86. The molecule has 0 fully saturated rings. The number of amides is 1. The third-order valence-electron chi connectivity index (χ3n) is 5.35. The molecule has 0 spiro atoms. The van der Waals surface area contributed by atoms with Crippen LogP contribution in [-0.2, 0) is 0 Å². The Bertz CT molecular complexity index is 942. The van der Waals surface area contributed by atoms with Gasteiger partial charge in [0.1, 0.15) is 11.4 Å². The minimum Gasteiger partial charge on any atom is -0.463 e. The van der Waals surface area contributed by atoms with Crippen LogP contribution in [0.5, 0.6) is 0 Å². The summed E-state index contributed by atoms with van der Waals surface area (Å²) in [6, 6.07) is 13.5. The molecule has 3 aromatic rings. The van der Waals surface area contributed by atoms with Crippen molar-refractivity contribution in [3.05, 3.63) is 60.0 Å². The first-order valence-corrected chi connectivity index (χ1v) is 10.8. The fraction of sp³-hybridized carbons (Fsp3) is 0.417. The molecule has 1 aromatic carbocycles. The van der Waals surface area contributed by atoms with Gasteiger partial charge in [-0.05, 0) is 76.2 Å². The van der Waals surface area contributed by atoms with E-state index in [0.29, 0.717) is 17.1 Å². The lowest BCUT2D eigenvalue weighted by atomic mass is 10.1. The second-order valence-electron chi connectivity index (χ2n) is 7.69. The summed E-state index contributed by atoms with van der Waals surface area (Å²) in [7, 11) is 0. The Morgan fingerprint density at radius 2 is 2.00 bits per heavy atom. The van der Waals surface area contributed by atoms with Crippen molar-refractivity contribution in [1.29, 1.82) is 0 Å². The van der Waals surface area contributed by atoms with Crippen molar-refractivity contribution in [2.24, 2.45) is 0 Å². The molecule has 0 aliphatic heterocycles. The first kappa shape index (κ1) is 21.8. The zero-order valence-corrected chi connectivity index (χ0v) is 18.4. The SMILES string of the molecule is CCN(CC)CCC[C@@H](C)NC(=O)c1cc(-c2ccco2)nn1-c1cccc(C)c1. The lowest BCUT2D eigenvalue weighted by Crippen LogP contribution is -2.34. The molecule has 2 aromatic heterocycles. The van der Waals surface area contributed by atoms with Crippen molar-refractivity contribution in [3.63, 3.8) is 0 Å². The van der Waals surface area contributed by atoms with Crippen molar-refractivity contribution in [3.8, 4) is 17.1 Å². The Kier molecular flexibility index (Phi) is 7.46. The van der Waals surface area contributed by atoms with Crippen molar-refractivity contribution >= 4 is 5.91 Å². The zero-order chi connectivity index (χ0) is 21.5. The fourth-order valence-corrected chi connectivity index (χ4v) is 3.57. The van der Waals surface area contributed by atoms with Gasteiger partial charge in [-0.3, -0.25) is 4.79 Å². The van der Waals surface area contributed by atoms with Gasteiger partial charge in [-0.15, -0.1) is 0 Å². The number of carbonyl (C=O) groups excluding carboxylic acids is 1. The van der Waals surface area contributed by atoms with Gasteiger partial charge >= 0.3 is 0 Å². The highest BCUT2D eigenvalue weighted by Crippen LogP contribution is 2.23. The number of aryl methyl sites for hydroxylation is 1. The van der Waals surface area contributed by atoms with Gasteiger partial charge in [-0.25, -0.2) is 4.68 Å². The number of hydrogen-bond donors (Lipinski definition) is 1. The highest BCUT2D eigenvalue weighted by Gasteiger charge is 2.20. The van der Waals surface area contributed by atoms with Gasteiger partial charge in [0, 0.05) is 12.1 Å². The normalized spacial score (nSPS) is 12.3. The monoisotopic (exact) mass is 408 g/mol. The van der Waals surface area contributed by atoms with Crippen LogP contribution in [0.2, 0.25) is 0 Å². The molecule has 6 nitrogen and oxygen atoms in total. The molecular formula is C24H32N4O2. The molecule has 6 heteroatoms. The summed E-state index contributed by atoms with van der Waals surface area (Å²) in [5.41, 5.74) is 3.11. The summed E-state index contributed by atoms with van der Waals surface area (Å²) in [4.78, 5) is 15.5. The van der Waals surface area contributed by atoms with E-state index in [2.05, 4.69) is 36.1 Å². The van der Waals surface area contributed by atoms with Crippen molar-refractivity contribution < 1.29 is 9.21 Å². The van der Waals surface area contributed by atoms with Crippen LogP contribution in [0.1, 0.15) is 49.7 Å². The largest absolute Gasteiger partial charge is 0.463 e. The van der Waals surface area contributed by atoms with Gasteiger partial charge < -0.3 is 14.6 Å². The van der Waals surface area contributed by atoms with Crippen molar-refractivity contribution in [2.45, 2.75) is 46.6 Å². The minimum atomic E-state index is -0.128. The van der Waals surface area contributed by atoms with Crippen LogP contribution in [0.25, 0.3) is 17.1 Å². The number of hydrogen-bond acceptors (Lipinski definition) is 4. The van der Waals surface area contributed by atoms with Gasteiger partial charge in [0.25, 0.3) is 5.91 Å². The predicted molar refractivity (Wildman–Crippen MR) is 120 cm³/mol. The Balaban J connectivity index is 1.77. The third-order valence-corrected chi connectivity index (χ3v) is 5.35. The van der Waals surface area contributed by atoms with Crippen molar-refractivity contribution in [1.82, 2.24) is 20.0 Å². The van der Waals surface area contributed by atoms with Gasteiger partial charge in [-0.1, -0.05) is 26.0 Å². The van der Waals surface area contributed by atoms with E-state index < -0.39 is 0 Å². The van der Waals surface area contributed by atoms with E-state index in [1.807, 2.05) is 43.3 Å². The maximum Gasteiger partial charge on any atom is 0.270 e. The van der Waals surface area contributed by atoms with Gasteiger partial charge in [0.15, 0.2) is 5.76 Å². The van der Waals surface area contributed by atoms with Crippen LogP contribution in [0, 0.1) is 6.92 Å². The topological polar surface area (TPSA) is 63.3 Å². The maximum absolute atomic E-state index is 13.1. The van der Waals surface area contributed by atoms with Crippen LogP contribution in [0.15, 0.2) is 53.1 Å². The molecule has 0 saturated heterocycles. The summed E-state index contributed by atoms with van der Waals surface area (Å²) in [6.07, 6.45) is 3.60. The smallest absolute Gasteiger partial charge is 0.270 e. The molecular weight excluding hydrogens is 376 g/mol. The molecule has 1 amide bonds. The quantitative estimate of drug-likeness (QED) is 0.529. The molecule has 0 saturated carbocycles. The van der Waals surface area contributed by atoms with E-state index in [0.717, 1.165) is 43.7 Å². The summed E-state index contributed by atoms with van der Waals surface area (Å²) in [5.74, 6) is 0.514. The van der Waals surface area contributed by atoms with E-state index in [4.69, 9.17) is 4.42 Å². The Morgan fingerprint density at radius 3 is 2.67 bits per heavy atom. The third kappa shape index (κ3) is 5.39. The molecule has 0 radical (unpaired) electrons. The lowest BCUT2D eigenvalue weighted by molar-refractivity contribution is 0.0929. The number of nitrogens with one attached hydrogen (secondary N) is 1. The van der Waals surface area contributed by atoms with Crippen LogP contribution in [0.3, 0.4) is 0 Å². The van der Waals surface area contributed by atoms with E-state index in [1.54, 1.807) is 17.0 Å². The van der Waals surface area contributed by atoms with Gasteiger partial charge in [-0.2, -0.15) is 5.10 Å². The fourth-order valence-electron chi connectivity index (χ4n) is 3.57. The average Bonchev–Trinajstić information content (AvgIpc) is 3.41. The van der Waals surface area contributed by atoms with Crippen molar-refractivity contribution in [2.75, 3.05) is 19.6 Å². The van der Waals surface area contributed by atoms with Gasteiger partial charge in [0.2, 0.25) is 0 Å². The van der Waals surface area contributed by atoms with Crippen LogP contribution < -0.4 is 5.32 Å². The summed E-state index contributed by atoms with van der Waals surface area (Å²) in [6.45, 7) is 11.6. The van der Waals surface area contributed by atoms with Gasteiger partial charge in [0.05, 0.1) is 12.0 Å². The predicted octanol–water partition coefficient (Wildman–Crippen LogP) is 4.68. The molecule has 0 aliphatic carbocycles. The maximum atomic E-state index is 13.1. The number of furan rings is 1. The van der Waals surface area contributed by atoms with E-state index in [9.17, 15) is 4.79 Å². The molecule has 2 heterocycles. The number of nitrogens with zero attached hydrogens (tertiary/aromatic N) is 3. The Labute approximate surface area is 178 Å². The van der Waals surface area contributed by atoms with Crippen LogP contribution in [-0.4, -0.2) is 46.3 Å². The molecule has 1 N–H and O–H groups in total. The summed E-state index contributed by atoms with van der Waals surface area (Å²) in [5, 5.41) is 7.80.